The summed E-state index contributed by atoms with van der Waals surface area (Å²) >= 11 is 0. The number of hydrogen-bond donors (Lipinski definition) is 2. The first-order chi connectivity index (χ1) is 4.24. The van der Waals surface area contributed by atoms with Crippen LogP contribution in [0.2, 0.25) is 0 Å². The summed E-state index contributed by atoms with van der Waals surface area (Å²) in [5.74, 6) is 0. The van der Waals surface area contributed by atoms with Crippen molar-refractivity contribution in [2.75, 3.05) is 6.61 Å². The summed E-state index contributed by atoms with van der Waals surface area (Å²) in [6.07, 6.45) is -0.0724. The van der Waals surface area contributed by atoms with Crippen LogP contribution in [0.15, 0.2) is 0 Å². The first-order valence-electron chi connectivity index (χ1n) is 3.18. The van der Waals surface area contributed by atoms with Crippen molar-refractivity contribution in [2.24, 2.45) is 0 Å². The van der Waals surface area contributed by atoms with Crippen LogP contribution in [0.5, 0.6) is 0 Å². The van der Waals surface area contributed by atoms with Crippen LogP contribution in [0.25, 0.3) is 0 Å². The zero-order chi connectivity index (χ0) is 6.85. The molecule has 1 aliphatic rings. The Hall–Kier alpha value is -0.120. The maximum atomic E-state index is 9.06. The van der Waals surface area contributed by atoms with Crippen LogP contribution >= 0.6 is 0 Å². The van der Waals surface area contributed by atoms with E-state index in [1.807, 2.05) is 0 Å². The van der Waals surface area contributed by atoms with Crippen LogP contribution in [0.4, 0.5) is 0 Å². The van der Waals surface area contributed by atoms with Gasteiger partial charge in [-0.05, 0) is 6.92 Å². The zero-order valence-electron chi connectivity index (χ0n) is 5.45. The highest BCUT2D eigenvalue weighted by atomic mass is 16.5. The molecule has 2 unspecified atom stereocenters. The molecule has 0 aromatic heterocycles. The maximum Gasteiger partial charge on any atom is 0.0836 e. The fraction of sp³-hybridized carbons (Fsp3) is 1.00. The predicted molar refractivity (Wildman–Crippen MR) is 32.0 cm³/mol. The molecule has 0 radical (unpaired) electrons. The minimum absolute atomic E-state index is 0.0153. The second-order valence-corrected chi connectivity index (χ2v) is 2.45. The van der Waals surface area contributed by atoms with E-state index in [2.05, 4.69) is 0 Å². The molecule has 2 N–H and O–H groups in total. The quantitative estimate of drug-likeness (QED) is 0.506. The number of aliphatic hydroxyl groups is 2. The summed E-state index contributed by atoms with van der Waals surface area (Å²) in [6.45, 7) is 1.82. The molecule has 1 heterocycles. The van der Waals surface area contributed by atoms with Crippen LogP contribution in [0.3, 0.4) is 0 Å². The standard InChI is InChI=1S/C6H12O3/c1-4-6(8)2-5(3-7)9-4/h4-8H,2-3H2,1H3/t4?,5-,6?/m0/s1. The Morgan fingerprint density at radius 3 is 2.56 bits per heavy atom. The fourth-order valence-electron chi connectivity index (χ4n) is 1.03. The average Bonchev–Trinajstić information content (AvgIpc) is 2.13. The number of rotatable bonds is 1. The number of ether oxygens (including phenoxy) is 1. The highest BCUT2D eigenvalue weighted by molar-refractivity contribution is 4.77. The molecular formula is C6H12O3. The van der Waals surface area contributed by atoms with Crippen molar-refractivity contribution in [3.05, 3.63) is 0 Å². The van der Waals surface area contributed by atoms with Gasteiger partial charge in [0, 0.05) is 6.42 Å². The van der Waals surface area contributed by atoms with Crippen LogP contribution in [0, 0.1) is 0 Å². The minimum atomic E-state index is -0.387. The van der Waals surface area contributed by atoms with E-state index in [4.69, 9.17) is 14.9 Å². The van der Waals surface area contributed by atoms with E-state index in [-0.39, 0.29) is 24.9 Å². The van der Waals surface area contributed by atoms with Gasteiger partial charge in [-0.15, -0.1) is 0 Å². The van der Waals surface area contributed by atoms with E-state index in [9.17, 15) is 0 Å². The Balaban J connectivity index is 2.35. The third-order valence-corrected chi connectivity index (χ3v) is 1.66. The lowest BCUT2D eigenvalue weighted by molar-refractivity contribution is 0.000607. The second kappa shape index (κ2) is 2.64. The molecule has 3 heteroatoms. The van der Waals surface area contributed by atoms with Gasteiger partial charge in [-0.2, -0.15) is 0 Å². The highest BCUT2D eigenvalue weighted by Crippen LogP contribution is 2.18. The third-order valence-electron chi connectivity index (χ3n) is 1.66. The lowest BCUT2D eigenvalue weighted by atomic mass is 10.2. The summed E-state index contributed by atoms with van der Waals surface area (Å²) in [4.78, 5) is 0. The van der Waals surface area contributed by atoms with Gasteiger partial charge in [-0.25, -0.2) is 0 Å². The summed E-state index contributed by atoms with van der Waals surface area (Å²) in [7, 11) is 0. The van der Waals surface area contributed by atoms with Gasteiger partial charge in [0.05, 0.1) is 24.9 Å². The molecule has 0 spiro atoms. The SMILES string of the molecule is CC1O[C@H](CO)CC1O. The van der Waals surface area contributed by atoms with E-state index in [1.165, 1.54) is 0 Å². The van der Waals surface area contributed by atoms with Crippen LogP contribution in [-0.4, -0.2) is 35.1 Å². The summed E-state index contributed by atoms with van der Waals surface area (Å²) in [5, 5.41) is 17.6. The van der Waals surface area contributed by atoms with Crippen LogP contribution < -0.4 is 0 Å². The lowest BCUT2D eigenvalue weighted by Crippen LogP contribution is -2.15. The largest absolute Gasteiger partial charge is 0.394 e. The second-order valence-electron chi connectivity index (χ2n) is 2.45. The highest BCUT2D eigenvalue weighted by Gasteiger charge is 2.29. The van der Waals surface area contributed by atoms with E-state index in [1.54, 1.807) is 6.92 Å². The molecule has 1 saturated heterocycles. The summed E-state index contributed by atoms with van der Waals surface area (Å²) < 4.78 is 5.12. The van der Waals surface area contributed by atoms with Gasteiger partial charge < -0.3 is 14.9 Å². The summed E-state index contributed by atoms with van der Waals surface area (Å²) in [6, 6.07) is 0. The van der Waals surface area contributed by atoms with Crippen molar-refractivity contribution >= 4 is 0 Å². The summed E-state index contributed by atoms with van der Waals surface area (Å²) in [5.41, 5.74) is 0. The number of hydrogen-bond acceptors (Lipinski definition) is 3. The van der Waals surface area contributed by atoms with Crippen molar-refractivity contribution in [1.82, 2.24) is 0 Å². The van der Waals surface area contributed by atoms with Gasteiger partial charge >= 0.3 is 0 Å². The molecule has 1 fully saturated rings. The molecule has 0 aromatic rings. The van der Waals surface area contributed by atoms with Crippen LogP contribution in [0.1, 0.15) is 13.3 Å². The maximum absolute atomic E-state index is 9.06. The Bertz CT molecular complexity index is 84.3. The molecule has 0 aromatic carbocycles. The van der Waals surface area contributed by atoms with E-state index >= 15 is 0 Å². The van der Waals surface area contributed by atoms with Gasteiger partial charge in [0.25, 0.3) is 0 Å². The zero-order valence-corrected chi connectivity index (χ0v) is 5.45. The third kappa shape index (κ3) is 1.41. The molecule has 54 valence electrons. The molecule has 3 atom stereocenters. The van der Waals surface area contributed by atoms with Gasteiger partial charge in [0.15, 0.2) is 0 Å². The lowest BCUT2D eigenvalue weighted by Gasteiger charge is -2.05. The van der Waals surface area contributed by atoms with E-state index < -0.39 is 0 Å². The molecule has 0 saturated carbocycles. The van der Waals surface area contributed by atoms with E-state index in [0.717, 1.165) is 0 Å². The van der Waals surface area contributed by atoms with Gasteiger partial charge in [-0.1, -0.05) is 0 Å². The van der Waals surface area contributed by atoms with Crippen molar-refractivity contribution in [3.63, 3.8) is 0 Å². The Morgan fingerprint density at radius 2 is 2.33 bits per heavy atom. The first-order valence-corrected chi connectivity index (χ1v) is 3.18. The minimum Gasteiger partial charge on any atom is -0.394 e. The van der Waals surface area contributed by atoms with Gasteiger partial charge in [0.2, 0.25) is 0 Å². The van der Waals surface area contributed by atoms with Crippen molar-refractivity contribution < 1.29 is 14.9 Å². The van der Waals surface area contributed by atoms with Crippen molar-refractivity contribution in [2.45, 2.75) is 31.7 Å². The van der Waals surface area contributed by atoms with Gasteiger partial charge in [-0.3, -0.25) is 0 Å². The first kappa shape index (κ1) is 6.99. The Morgan fingerprint density at radius 1 is 1.67 bits per heavy atom. The molecule has 0 bridgehead atoms. The topological polar surface area (TPSA) is 49.7 Å². The molecule has 0 amide bonds. The molecule has 0 aliphatic carbocycles. The molecule has 9 heavy (non-hydrogen) atoms. The smallest absolute Gasteiger partial charge is 0.0836 e. The molecule has 1 aliphatic heterocycles. The van der Waals surface area contributed by atoms with E-state index in [0.29, 0.717) is 6.42 Å². The molecular weight excluding hydrogens is 120 g/mol. The normalized spacial score (nSPS) is 43.7. The Labute approximate surface area is 54.3 Å². The Kier molecular flexibility index (Phi) is 2.05. The number of aliphatic hydroxyl groups excluding tert-OH is 2. The van der Waals surface area contributed by atoms with Crippen LogP contribution in [-0.2, 0) is 4.74 Å². The molecule has 3 nitrogen and oxygen atoms in total. The monoisotopic (exact) mass is 132 g/mol. The van der Waals surface area contributed by atoms with Crippen molar-refractivity contribution in [1.29, 1.82) is 0 Å². The van der Waals surface area contributed by atoms with Gasteiger partial charge in [0.1, 0.15) is 0 Å². The molecule has 1 rings (SSSR count). The fourth-order valence-corrected chi connectivity index (χ4v) is 1.03. The van der Waals surface area contributed by atoms with Crippen molar-refractivity contribution in [3.8, 4) is 0 Å². The average molecular weight is 132 g/mol. The predicted octanol–water partition coefficient (Wildman–Crippen LogP) is -0.483.